The number of halogens is 1. The van der Waals surface area contributed by atoms with Crippen LogP contribution in [0.25, 0.3) is 0 Å². The highest BCUT2D eigenvalue weighted by Gasteiger charge is 2.39. The quantitative estimate of drug-likeness (QED) is 0.353. The molecule has 4 rings (SSSR count). The van der Waals surface area contributed by atoms with Gasteiger partial charge in [0.15, 0.2) is 5.78 Å². The monoisotopic (exact) mass is 495 g/mol. The van der Waals surface area contributed by atoms with Crippen molar-refractivity contribution in [1.82, 2.24) is 5.32 Å². The fraction of sp³-hybridized carbons (Fsp3) is 0.357. The second-order valence-corrected chi connectivity index (χ2v) is 10.3. The summed E-state index contributed by atoms with van der Waals surface area (Å²) in [7, 11) is 0. The average molecular weight is 496 g/mol. The fourth-order valence-corrected chi connectivity index (χ4v) is 5.94. The summed E-state index contributed by atoms with van der Waals surface area (Å²) >= 11 is 7.77. The zero-order valence-corrected chi connectivity index (χ0v) is 21.7. The predicted molar refractivity (Wildman–Crippen MR) is 138 cm³/mol. The Morgan fingerprint density at radius 3 is 2.56 bits per heavy atom. The number of carbonyl (C=O) groups is 2. The molecular weight excluding hydrogens is 466 g/mol. The van der Waals surface area contributed by atoms with Crippen molar-refractivity contribution in [3.63, 3.8) is 0 Å². The Labute approximate surface area is 210 Å². The molecule has 34 heavy (non-hydrogen) atoms. The summed E-state index contributed by atoms with van der Waals surface area (Å²) in [5, 5.41) is 4.08. The average Bonchev–Trinajstić information content (AvgIpc) is 2.79. The van der Waals surface area contributed by atoms with Gasteiger partial charge in [-0.2, -0.15) is 0 Å². The highest BCUT2D eigenvalue weighted by atomic mass is 35.5. The second kappa shape index (κ2) is 10.4. The van der Waals surface area contributed by atoms with E-state index in [0.717, 1.165) is 56.6 Å². The van der Waals surface area contributed by atoms with Crippen LogP contribution in [0.3, 0.4) is 0 Å². The lowest BCUT2D eigenvalue weighted by molar-refractivity contribution is -0.138. The summed E-state index contributed by atoms with van der Waals surface area (Å²) in [4.78, 5) is 27.4. The van der Waals surface area contributed by atoms with Gasteiger partial charge in [-0.25, -0.2) is 4.79 Å². The maximum Gasteiger partial charge on any atom is 0.336 e. The van der Waals surface area contributed by atoms with Crippen LogP contribution in [-0.4, -0.2) is 18.4 Å². The van der Waals surface area contributed by atoms with Crippen LogP contribution in [0.5, 0.6) is 0 Å². The van der Waals surface area contributed by atoms with Crippen molar-refractivity contribution < 1.29 is 14.3 Å². The molecule has 0 saturated carbocycles. The van der Waals surface area contributed by atoms with Crippen molar-refractivity contribution in [2.45, 2.75) is 63.5 Å². The van der Waals surface area contributed by atoms with E-state index >= 15 is 0 Å². The van der Waals surface area contributed by atoms with Crippen molar-refractivity contribution in [3.05, 3.63) is 86.2 Å². The third-order valence-electron chi connectivity index (χ3n) is 6.51. The molecule has 2 aromatic rings. The smallest absolute Gasteiger partial charge is 0.336 e. The lowest BCUT2D eigenvalue weighted by Crippen LogP contribution is -2.34. The number of hydrogen-bond donors (Lipinski definition) is 1. The Hall–Kier alpha value is -2.50. The molecule has 1 aliphatic heterocycles. The SMILES string of the molecule is CCOC(=O)C1=C(C)NC2=C(C(=O)CCC2)[C@@H]1c1cc(CSc2ccc(Cl)cc2)c(C)cc1C. The Morgan fingerprint density at radius 2 is 1.85 bits per heavy atom. The number of nitrogens with one attached hydrogen (secondary N) is 1. The van der Waals surface area contributed by atoms with E-state index in [-0.39, 0.29) is 18.4 Å². The van der Waals surface area contributed by atoms with E-state index in [0.29, 0.717) is 12.0 Å². The van der Waals surface area contributed by atoms with Crippen LogP contribution < -0.4 is 5.32 Å². The molecule has 0 aromatic heterocycles. The largest absolute Gasteiger partial charge is 0.463 e. The first kappa shape index (κ1) is 24.6. The van der Waals surface area contributed by atoms with Crippen molar-refractivity contribution in [1.29, 1.82) is 0 Å². The second-order valence-electron chi connectivity index (χ2n) is 8.86. The molecule has 0 bridgehead atoms. The lowest BCUT2D eigenvalue weighted by atomic mass is 9.73. The van der Waals surface area contributed by atoms with E-state index in [1.165, 1.54) is 11.1 Å². The summed E-state index contributed by atoms with van der Waals surface area (Å²) in [5.74, 6) is 0.121. The van der Waals surface area contributed by atoms with Gasteiger partial charge in [-0.05, 0) is 87.1 Å². The van der Waals surface area contributed by atoms with Crippen LogP contribution in [0, 0.1) is 13.8 Å². The molecule has 0 spiro atoms. The number of ether oxygens (including phenoxy) is 1. The van der Waals surface area contributed by atoms with Crippen LogP contribution in [0.15, 0.2) is 63.8 Å². The molecule has 2 aliphatic rings. The van der Waals surface area contributed by atoms with Crippen molar-refractivity contribution >= 4 is 35.1 Å². The molecule has 178 valence electrons. The van der Waals surface area contributed by atoms with Gasteiger partial charge < -0.3 is 10.1 Å². The van der Waals surface area contributed by atoms with E-state index in [4.69, 9.17) is 16.3 Å². The van der Waals surface area contributed by atoms with Crippen molar-refractivity contribution in [3.8, 4) is 0 Å². The van der Waals surface area contributed by atoms with Gasteiger partial charge in [-0.15, -0.1) is 11.8 Å². The topological polar surface area (TPSA) is 55.4 Å². The molecule has 1 heterocycles. The van der Waals surface area contributed by atoms with Crippen LogP contribution in [0.4, 0.5) is 0 Å². The number of allylic oxidation sites excluding steroid dienone is 3. The molecule has 6 heteroatoms. The maximum absolute atomic E-state index is 13.2. The molecule has 4 nitrogen and oxygen atoms in total. The van der Waals surface area contributed by atoms with Gasteiger partial charge in [0.05, 0.1) is 12.2 Å². The number of rotatable bonds is 6. The molecular formula is C28H30ClNO3S. The normalized spacial score (nSPS) is 18.0. The molecule has 0 saturated heterocycles. The first-order chi connectivity index (χ1) is 16.3. The third-order valence-corrected chi connectivity index (χ3v) is 7.83. The number of thioether (sulfide) groups is 1. The fourth-order valence-electron chi connectivity index (χ4n) is 4.85. The molecule has 0 fully saturated rings. The number of esters is 1. The summed E-state index contributed by atoms with van der Waals surface area (Å²) in [6.45, 7) is 8.17. The van der Waals surface area contributed by atoms with Crippen LogP contribution in [0.2, 0.25) is 5.02 Å². The van der Waals surface area contributed by atoms with Gasteiger partial charge >= 0.3 is 5.97 Å². The number of Topliss-reactive ketones (excluding diaryl/α,β-unsaturated/α-hetero) is 1. The summed E-state index contributed by atoms with van der Waals surface area (Å²) in [6, 6.07) is 12.2. The maximum atomic E-state index is 13.2. The highest BCUT2D eigenvalue weighted by molar-refractivity contribution is 7.98. The number of benzene rings is 2. The van der Waals surface area contributed by atoms with E-state index in [2.05, 4.69) is 31.3 Å². The Kier molecular flexibility index (Phi) is 7.54. The van der Waals surface area contributed by atoms with Crippen LogP contribution >= 0.6 is 23.4 Å². The first-order valence-corrected chi connectivity index (χ1v) is 13.1. The minimum atomic E-state index is -0.414. The van der Waals surface area contributed by atoms with E-state index in [1.54, 1.807) is 18.7 Å². The van der Waals surface area contributed by atoms with Gasteiger partial charge in [0, 0.05) is 45.0 Å². The molecule has 0 radical (unpaired) electrons. The molecule has 1 atom stereocenters. The highest BCUT2D eigenvalue weighted by Crippen LogP contribution is 2.44. The number of ketones is 1. The van der Waals surface area contributed by atoms with Gasteiger partial charge in [-0.3, -0.25) is 4.79 Å². The number of dihydropyridines is 1. The van der Waals surface area contributed by atoms with Gasteiger partial charge in [0.25, 0.3) is 0 Å². The van der Waals surface area contributed by atoms with Crippen molar-refractivity contribution in [2.75, 3.05) is 6.61 Å². The predicted octanol–water partition coefficient (Wildman–Crippen LogP) is 6.78. The van der Waals surface area contributed by atoms with Gasteiger partial charge in [-0.1, -0.05) is 23.7 Å². The number of carbonyl (C=O) groups excluding carboxylic acids is 2. The molecule has 2 aromatic carbocycles. The Bertz CT molecular complexity index is 1200. The van der Waals surface area contributed by atoms with Crippen LogP contribution in [-0.2, 0) is 20.1 Å². The lowest BCUT2D eigenvalue weighted by Gasteiger charge is -2.35. The van der Waals surface area contributed by atoms with E-state index in [1.807, 2.05) is 31.2 Å². The number of aryl methyl sites for hydroxylation is 2. The molecule has 0 amide bonds. The molecule has 1 aliphatic carbocycles. The Balaban J connectivity index is 1.78. The minimum Gasteiger partial charge on any atom is -0.463 e. The zero-order valence-electron chi connectivity index (χ0n) is 20.1. The molecule has 1 N–H and O–H groups in total. The third kappa shape index (κ3) is 4.96. The summed E-state index contributed by atoms with van der Waals surface area (Å²) in [6.07, 6.45) is 2.15. The standard InChI is InChI=1S/C28H30ClNO3S/c1-5-33-28(32)25-18(4)30-23-7-6-8-24(31)27(23)26(25)22-14-19(16(2)13-17(22)3)15-34-21-11-9-20(29)10-12-21/h9-14,26,30H,5-8,15H2,1-4H3/t26-/m1/s1. The van der Waals surface area contributed by atoms with E-state index in [9.17, 15) is 9.59 Å². The minimum absolute atomic E-state index is 0.116. The van der Waals surface area contributed by atoms with Crippen LogP contribution in [0.1, 0.15) is 61.3 Å². The zero-order chi connectivity index (χ0) is 24.4. The first-order valence-electron chi connectivity index (χ1n) is 11.7. The van der Waals surface area contributed by atoms with Crippen molar-refractivity contribution in [2.24, 2.45) is 0 Å². The molecule has 0 unspecified atom stereocenters. The number of hydrogen-bond acceptors (Lipinski definition) is 5. The summed E-state index contributed by atoms with van der Waals surface area (Å²) in [5.41, 5.74) is 7.44. The van der Waals surface area contributed by atoms with Gasteiger partial charge in [0.2, 0.25) is 0 Å². The van der Waals surface area contributed by atoms with Gasteiger partial charge in [0.1, 0.15) is 0 Å². The Morgan fingerprint density at radius 1 is 1.12 bits per heavy atom. The summed E-state index contributed by atoms with van der Waals surface area (Å²) < 4.78 is 5.44. The van der Waals surface area contributed by atoms with E-state index < -0.39 is 5.92 Å².